The van der Waals surface area contributed by atoms with Crippen LogP contribution in [0.4, 0.5) is 5.82 Å². The van der Waals surface area contributed by atoms with Crippen molar-refractivity contribution in [3.05, 3.63) is 77.5 Å². The Morgan fingerprint density at radius 1 is 1.10 bits per heavy atom. The number of nitrogens with one attached hydrogen (secondary N) is 1. The summed E-state index contributed by atoms with van der Waals surface area (Å²) in [5, 5.41) is 7.50. The number of hydrogen-bond donors (Lipinski definition) is 1. The monoisotopic (exact) mass is 404 g/mol. The lowest BCUT2D eigenvalue weighted by molar-refractivity contribution is 0.102. The molecular weight excluding hydrogens is 376 g/mol. The molecule has 0 atom stereocenters. The van der Waals surface area contributed by atoms with Gasteiger partial charge in [-0.2, -0.15) is 5.10 Å². The zero-order valence-electron chi connectivity index (χ0n) is 17.5. The molecule has 6 nitrogen and oxygen atoms in total. The van der Waals surface area contributed by atoms with Gasteiger partial charge in [0.2, 0.25) is 0 Å². The second kappa shape index (κ2) is 9.13. The SMILES string of the molecule is COc1ccccc1C(=O)Nc1ccnn1C1CCN(Cc2ccc(C)cc2)CC1. The van der Waals surface area contributed by atoms with Gasteiger partial charge < -0.3 is 10.1 Å². The standard InChI is InChI=1S/C24H28N4O2/c1-18-7-9-19(10-8-18)17-27-15-12-20(13-16-27)28-23(11-14-25-28)26-24(29)21-5-3-4-6-22(21)30-2/h3-11,14,20H,12-13,15-17H2,1-2H3,(H,26,29). The van der Waals surface area contributed by atoms with Gasteiger partial charge in [0.25, 0.3) is 5.91 Å². The maximum absolute atomic E-state index is 12.8. The molecule has 0 spiro atoms. The van der Waals surface area contributed by atoms with Crippen molar-refractivity contribution in [1.82, 2.24) is 14.7 Å². The Kier molecular flexibility index (Phi) is 6.14. The Balaban J connectivity index is 1.38. The Labute approximate surface area is 177 Å². The summed E-state index contributed by atoms with van der Waals surface area (Å²) >= 11 is 0. The molecule has 1 N–H and O–H groups in total. The smallest absolute Gasteiger partial charge is 0.260 e. The van der Waals surface area contributed by atoms with Gasteiger partial charge >= 0.3 is 0 Å². The molecule has 0 radical (unpaired) electrons. The number of ether oxygens (including phenoxy) is 1. The van der Waals surface area contributed by atoms with Crippen LogP contribution in [0.25, 0.3) is 0 Å². The number of carbonyl (C=O) groups excluding carboxylic acids is 1. The largest absolute Gasteiger partial charge is 0.496 e. The topological polar surface area (TPSA) is 59.4 Å². The zero-order valence-corrected chi connectivity index (χ0v) is 17.5. The number of aromatic nitrogens is 2. The number of hydrogen-bond acceptors (Lipinski definition) is 4. The van der Waals surface area contributed by atoms with Gasteiger partial charge in [-0.1, -0.05) is 42.0 Å². The molecule has 0 unspecified atom stereocenters. The van der Waals surface area contributed by atoms with Crippen LogP contribution in [0.2, 0.25) is 0 Å². The predicted octanol–water partition coefficient (Wildman–Crippen LogP) is 4.29. The van der Waals surface area contributed by atoms with Crippen molar-refractivity contribution in [3.63, 3.8) is 0 Å². The summed E-state index contributed by atoms with van der Waals surface area (Å²) in [5.41, 5.74) is 3.16. The molecule has 30 heavy (non-hydrogen) atoms. The number of piperidine rings is 1. The average Bonchev–Trinajstić information content (AvgIpc) is 3.24. The fraction of sp³-hybridized carbons (Fsp3) is 0.333. The normalized spacial score (nSPS) is 15.1. The van der Waals surface area contributed by atoms with Crippen LogP contribution >= 0.6 is 0 Å². The highest BCUT2D eigenvalue weighted by molar-refractivity contribution is 6.05. The van der Waals surface area contributed by atoms with Gasteiger partial charge in [0, 0.05) is 25.7 Å². The van der Waals surface area contributed by atoms with Crippen LogP contribution in [0.5, 0.6) is 5.75 Å². The Morgan fingerprint density at radius 3 is 2.57 bits per heavy atom. The van der Waals surface area contributed by atoms with Gasteiger partial charge in [0.05, 0.1) is 24.9 Å². The molecule has 3 aromatic rings. The quantitative estimate of drug-likeness (QED) is 0.666. The summed E-state index contributed by atoms with van der Waals surface area (Å²) in [5.74, 6) is 1.10. The Morgan fingerprint density at radius 2 is 1.83 bits per heavy atom. The minimum atomic E-state index is -0.189. The predicted molar refractivity (Wildman–Crippen MR) is 118 cm³/mol. The van der Waals surface area contributed by atoms with Gasteiger partial charge in [-0.3, -0.25) is 9.69 Å². The first-order chi connectivity index (χ1) is 14.6. The van der Waals surface area contributed by atoms with E-state index in [2.05, 4.69) is 46.5 Å². The number of likely N-dealkylation sites (tertiary alicyclic amines) is 1. The van der Waals surface area contributed by atoms with E-state index in [4.69, 9.17) is 4.74 Å². The highest BCUT2D eigenvalue weighted by Crippen LogP contribution is 2.27. The minimum absolute atomic E-state index is 0.189. The van der Waals surface area contributed by atoms with Gasteiger partial charge in [-0.05, 0) is 37.5 Å². The van der Waals surface area contributed by atoms with E-state index in [1.54, 1.807) is 25.4 Å². The van der Waals surface area contributed by atoms with Crippen LogP contribution in [-0.2, 0) is 6.54 Å². The average molecular weight is 405 g/mol. The number of amides is 1. The van der Waals surface area contributed by atoms with Crippen LogP contribution in [-0.4, -0.2) is 40.8 Å². The van der Waals surface area contributed by atoms with Crippen LogP contribution in [0.15, 0.2) is 60.8 Å². The molecule has 0 aliphatic carbocycles. The summed E-state index contributed by atoms with van der Waals surface area (Å²) < 4.78 is 7.27. The fourth-order valence-electron chi connectivity index (χ4n) is 3.99. The fourth-order valence-corrected chi connectivity index (χ4v) is 3.99. The lowest BCUT2D eigenvalue weighted by atomic mass is 10.0. The number of nitrogens with zero attached hydrogens (tertiary/aromatic N) is 3. The van der Waals surface area contributed by atoms with Crippen LogP contribution < -0.4 is 10.1 Å². The van der Waals surface area contributed by atoms with E-state index in [1.165, 1.54) is 11.1 Å². The minimum Gasteiger partial charge on any atom is -0.496 e. The molecule has 1 amide bonds. The molecule has 2 aromatic carbocycles. The lowest BCUT2D eigenvalue weighted by Crippen LogP contribution is -2.35. The second-order valence-corrected chi connectivity index (χ2v) is 7.81. The molecule has 156 valence electrons. The summed E-state index contributed by atoms with van der Waals surface area (Å²) in [7, 11) is 1.57. The van der Waals surface area contributed by atoms with E-state index in [9.17, 15) is 4.79 Å². The van der Waals surface area contributed by atoms with Crippen molar-refractivity contribution in [2.45, 2.75) is 32.4 Å². The first kappa shape index (κ1) is 20.2. The number of benzene rings is 2. The molecule has 6 heteroatoms. The summed E-state index contributed by atoms with van der Waals surface area (Å²) in [4.78, 5) is 15.2. The molecule has 4 rings (SSSR count). The molecule has 0 saturated carbocycles. The van der Waals surface area contributed by atoms with Crippen molar-refractivity contribution < 1.29 is 9.53 Å². The number of rotatable bonds is 6. The lowest BCUT2D eigenvalue weighted by Gasteiger charge is -2.32. The molecule has 1 aliphatic heterocycles. The Bertz CT molecular complexity index is 988. The van der Waals surface area contributed by atoms with E-state index in [-0.39, 0.29) is 11.9 Å². The van der Waals surface area contributed by atoms with E-state index in [0.29, 0.717) is 11.3 Å². The zero-order chi connectivity index (χ0) is 20.9. The molecule has 1 fully saturated rings. The first-order valence-electron chi connectivity index (χ1n) is 10.4. The van der Waals surface area contributed by atoms with Gasteiger partial charge in [0.15, 0.2) is 0 Å². The molecular formula is C24H28N4O2. The third-order valence-corrected chi connectivity index (χ3v) is 5.69. The van der Waals surface area contributed by atoms with Crippen molar-refractivity contribution in [1.29, 1.82) is 0 Å². The van der Waals surface area contributed by atoms with Gasteiger partial charge in [0.1, 0.15) is 11.6 Å². The Hall–Kier alpha value is -3.12. The van der Waals surface area contributed by atoms with Crippen molar-refractivity contribution >= 4 is 11.7 Å². The molecule has 2 heterocycles. The number of aryl methyl sites for hydroxylation is 1. The maximum atomic E-state index is 12.8. The number of carbonyl (C=O) groups is 1. The summed E-state index contributed by atoms with van der Waals surface area (Å²) in [6, 6.07) is 18.1. The van der Waals surface area contributed by atoms with Gasteiger partial charge in [-0.15, -0.1) is 0 Å². The highest BCUT2D eigenvalue weighted by atomic mass is 16.5. The first-order valence-corrected chi connectivity index (χ1v) is 10.4. The summed E-state index contributed by atoms with van der Waals surface area (Å²) in [6.07, 6.45) is 3.76. The summed E-state index contributed by atoms with van der Waals surface area (Å²) in [6.45, 7) is 5.11. The maximum Gasteiger partial charge on any atom is 0.260 e. The highest BCUT2D eigenvalue weighted by Gasteiger charge is 2.24. The molecule has 1 aromatic heterocycles. The van der Waals surface area contributed by atoms with Gasteiger partial charge in [-0.25, -0.2) is 4.68 Å². The van der Waals surface area contributed by atoms with E-state index in [0.717, 1.165) is 38.3 Å². The second-order valence-electron chi connectivity index (χ2n) is 7.81. The number of anilines is 1. The van der Waals surface area contributed by atoms with Crippen LogP contribution in [0, 0.1) is 6.92 Å². The van der Waals surface area contributed by atoms with Crippen LogP contribution in [0.3, 0.4) is 0 Å². The van der Waals surface area contributed by atoms with E-state index >= 15 is 0 Å². The van der Waals surface area contributed by atoms with E-state index in [1.807, 2.05) is 22.9 Å². The third kappa shape index (κ3) is 4.54. The number of methoxy groups -OCH3 is 1. The number of para-hydroxylation sites is 1. The van der Waals surface area contributed by atoms with Crippen molar-refractivity contribution in [3.8, 4) is 5.75 Å². The van der Waals surface area contributed by atoms with E-state index < -0.39 is 0 Å². The van der Waals surface area contributed by atoms with Crippen molar-refractivity contribution in [2.24, 2.45) is 0 Å². The van der Waals surface area contributed by atoms with Crippen LogP contribution in [0.1, 0.15) is 40.4 Å². The third-order valence-electron chi connectivity index (χ3n) is 5.69. The molecule has 1 saturated heterocycles. The molecule has 1 aliphatic rings. The van der Waals surface area contributed by atoms with Crippen molar-refractivity contribution in [2.75, 3.05) is 25.5 Å². The molecule has 0 bridgehead atoms.